The van der Waals surface area contributed by atoms with Crippen LogP contribution in [0.4, 0.5) is 4.39 Å². The monoisotopic (exact) mass is 424 g/mol. The topological polar surface area (TPSA) is 40.6 Å². The molecular formula is C24H25FN2O2S. The number of carbonyl (C=O) groups excluding carboxylic acids is 2. The second-order valence-electron chi connectivity index (χ2n) is 7.35. The number of carbonyl (C=O) groups is 2. The van der Waals surface area contributed by atoms with Gasteiger partial charge in [-0.3, -0.25) is 9.59 Å². The second-order valence-corrected chi connectivity index (χ2v) is 8.40. The van der Waals surface area contributed by atoms with Gasteiger partial charge in [-0.2, -0.15) is 0 Å². The Labute approximate surface area is 180 Å². The van der Waals surface area contributed by atoms with Gasteiger partial charge in [0.1, 0.15) is 5.82 Å². The summed E-state index contributed by atoms with van der Waals surface area (Å²) in [5.74, 6) is -0.362. The average molecular weight is 425 g/mol. The minimum absolute atomic E-state index is 0.0348. The van der Waals surface area contributed by atoms with Gasteiger partial charge in [0.05, 0.1) is 4.88 Å². The largest absolute Gasteiger partial charge is 0.345 e. The molecule has 0 saturated heterocycles. The lowest BCUT2D eigenvalue weighted by molar-refractivity contribution is 0.0756. The van der Waals surface area contributed by atoms with Gasteiger partial charge in [-0.05, 0) is 60.9 Å². The van der Waals surface area contributed by atoms with Crippen LogP contribution in [0, 0.1) is 12.7 Å². The van der Waals surface area contributed by atoms with Gasteiger partial charge in [0.25, 0.3) is 11.8 Å². The van der Waals surface area contributed by atoms with E-state index in [9.17, 15) is 14.0 Å². The van der Waals surface area contributed by atoms with E-state index >= 15 is 0 Å². The summed E-state index contributed by atoms with van der Waals surface area (Å²) in [5, 5.41) is 0. The molecular weight excluding hydrogens is 399 g/mol. The molecule has 0 atom stereocenters. The zero-order valence-corrected chi connectivity index (χ0v) is 18.4. The van der Waals surface area contributed by atoms with Crippen LogP contribution >= 0.6 is 11.3 Å². The van der Waals surface area contributed by atoms with Crippen LogP contribution in [0.3, 0.4) is 0 Å². The lowest BCUT2D eigenvalue weighted by Crippen LogP contribution is -2.29. The van der Waals surface area contributed by atoms with Gasteiger partial charge in [-0.15, -0.1) is 11.3 Å². The molecule has 0 bridgehead atoms. The number of halogens is 1. The molecule has 6 heteroatoms. The molecule has 0 aliphatic heterocycles. The zero-order chi connectivity index (χ0) is 21.8. The Kier molecular flexibility index (Phi) is 6.67. The highest BCUT2D eigenvalue weighted by molar-refractivity contribution is 7.17. The van der Waals surface area contributed by atoms with E-state index in [1.165, 1.54) is 28.4 Å². The van der Waals surface area contributed by atoms with E-state index in [1.807, 2.05) is 32.0 Å². The van der Waals surface area contributed by atoms with E-state index in [-0.39, 0.29) is 17.6 Å². The molecule has 3 aromatic rings. The highest BCUT2D eigenvalue weighted by Crippen LogP contribution is 2.33. The van der Waals surface area contributed by atoms with Crippen LogP contribution in [0.25, 0.3) is 10.4 Å². The van der Waals surface area contributed by atoms with Gasteiger partial charge in [-0.1, -0.05) is 24.3 Å². The maximum atomic E-state index is 13.2. The number of hydrogen-bond donors (Lipinski definition) is 0. The Hall–Kier alpha value is -2.99. The van der Waals surface area contributed by atoms with Crippen molar-refractivity contribution in [2.45, 2.75) is 20.4 Å². The number of amides is 2. The molecule has 2 amide bonds. The molecule has 0 fully saturated rings. The molecule has 0 aliphatic carbocycles. The second kappa shape index (κ2) is 9.22. The number of benzene rings is 2. The first-order valence-electron chi connectivity index (χ1n) is 9.76. The van der Waals surface area contributed by atoms with Crippen LogP contribution < -0.4 is 0 Å². The van der Waals surface area contributed by atoms with Crippen molar-refractivity contribution in [3.05, 3.63) is 82.0 Å². The Morgan fingerprint density at radius 2 is 1.60 bits per heavy atom. The van der Waals surface area contributed by atoms with E-state index in [0.717, 1.165) is 21.6 Å². The molecule has 156 valence electrons. The third kappa shape index (κ3) is 4.76. The maximum absolute atomic E-state index is 13.2. The van der Waals surface area contributed by atoms with Gasteiger partial charge in [0, 0.05) is 37.6 Å². The summed E-state index contributed by atoms with van der Waals surface area (Å²) in [5.41, 5.74) is 3.49. The maximum Gasteiger partial charge on any atom is 0.264 e. The van der Waals surface area contributed by atoms with E-state index in [4.69, 9.17) is 0 Å². The summed E-state index contributed by atoms with van der Waals surface area (Å²) >= 11 is 1.43. The predicted molar refractivity (Wildman–Crippen MR) is 119 cm³/mol. The van der Waals surface area contributed by atoms with Crippen molar-refractivity contribution in [3.8, 4) is 10.4 Å². The van der Waals surface area contributed by atoms with Crippen molar-refractivity contribution in [1.29, 1.82) is 0 Å². The van der Waals surface area contributed by atoms with Crippen molar-refractivity contribution in [1.82, 2.24) is 9.80 Å². The highest BCUT2D eigenvalue weighted by atomic mass is 32.1. The Balaban J connectivity index is 1.77. The predicted octanol–water partition coefficient (Wildman–Crippen LogP) is 5.23. The number of thiophene rings is 1. The molecule has 4 nitrogen and oxygen atoms in total. The lowest BCUT2D eigenvalue weighted by Gasteiger charge is -2.20. The molecule has 2 aromatic carbocycles. The summed E-state index contributed by atoms with van der Waals surface area (Å²) in [6, 6.07) is 15.6. The summed E-state index contributed by atoms with van der Waals surface area (Å²) in [6.45, 7) is 4.95. The molecule has 1 heterocycles. The Bertz CT molecular complexity index is 1040. The van der Waals surface area contributed by atoms with E-state index in [0.29, 0.717) is 23.5 Å². The van der Waals surface area contributed by atoms with E-state index < -0.39 is 0 Å². The summed E-state index contributed by atoms with van der Waals surface area (Å²) < 4.78 is 13.2. The fourth-order valence-corrected chi connectivity index (χ4v) is 4.34. The molecule has 0 spiro atoms. The van der Waals surface area contributed by atoms with E-state index in [2.05, 4.69) is 0 Å². The molecule has 30 heavy (non-hydrogen) atoms. The fraction of sp³-hybridized carbons (Fsp3) is 0.250. The third-order valence-electron chi connectivity index (χ3n) is 4.88. The Morgan fingerprint density at radius 3 is 2.17 bits per heavy atom. The average Bonchev–Trinajstić information content (AvgIpc) is 3.13. The highest BCUT2D eigenvalue weighted by Gasteiger charge is 2.19. The third-order valence-corrected chi connectivity index (χ3v) is 6.16. The summed E-state index contributed by atoms with van der Waals surface area (Å²) in [4.78, 5) is 30.1. The SMILES string of the molecule is CCN(Cc1ccc(C(=O)N(C)C)cc1)C(=O)c1cc(C)c(-c2ccc(F)cc2)s1. The quantitative estimate of drug-likeness (QED) is 0.544. The standard InChI is InChI=1S/C24H25FN2O2S/c1-5-27(15-17-6-8-19(9-7-17)23(28)26(3)4)24(29)21-14-16(2)22(30-21)18-10-12-20(25)13-11-18/h6-14H,5,15H2,1-4H3. The number of aryl methyl sites for hydroxylation is 1. The molecule has 0 radical (unpaired) electrons. The van der Waals surface area contributed by atoms with Gasteiger partial charge in [0.15, 0.2) is 0 Å². The van der Waals surface area contributed by atoms with E-state index in [1.54, 1.807) is 43.3 Å². The first kappa shape index (κ1) is 21.7. The van der Waals surface area contributed by atoms with Gasteiger partial charge >= 0.3 is 0 Å². The smallest absolute Gasteiger partial charge is 0.264 e. The molecule has 0 saturated carbocycles. The van der Waals surface area contributed by atoms with Gasteiger partial charge in [-0.25, -0.2) is 4.39 Å². The van der Waals surface area contributed by atoms with Gasteiger partial charge in [0.2, 0.25) is 0 Å². The molecule has 0 unspecified atom stereocenters. The minimum atomic E-state index is -0.278. The Morgan fingerprint density at radius 1 is 0.967 bits per heavy atom. The van der Waals surface area contributed by atoms with Crippen LogP contribution in [-0.2, 0) is 6.54 Å². The zero-order valence-electron chi connectivity index (χ0n) is 17.6. The molecule has 0 aliphatic rings. The lowest BCUT2D eigenvalue weighted by atomic mass is 10.1. The van der Waals surface area contributed by atoms with Crippen LogP contribution in [0.5, 0.6) is 0 Å². The van der Waals surface area contributed by atoms with Gasteiger partial charge < -0.3 is 9.80 Å². The van der Waals surface area contributed by atoms with Crippen molar-refractivity contribution >= 4 is 23.2 Å². The number of hydrogen-bond acceptors (Lipinski definition) is 3. The summed E-state index contributed by atoms with van der Waals surface area (Å²) in [6.07, 6.45) is 0. The van der Waals surface area contributed by atoms with Crippen molar-refractivity contribution < 1.29 is 14.0 Å². The molecule has 3 rings (SSSR count). The van der Waals surface area contributed by atoms with Crippen LogP contribution in [0.15, 0.2) is 54.6 Å². The van der Waals surface area contributed by atoms with Crippen molar-refractivity contribution in [2.75, 3.05) is 20.6 Å². The number of rotatable bonds is 6. The normalized spacial score (nSPS) is 10.7. The number of nitrogens with zero attached hydrogens (tertiary/aromatic N) is 2. The van der Waals surface area contributed by atoms with Crippen molar-refractivity contribution in [2.24, 2.45) is 0 Å². The minimum Gasteiger partial charge on any atom is -0.345 e. The van der Waals surface area contributed by atoms with Crippen LogP contribution in [0.1, 0.15) is 38.1 Å². The fourth-order valence-electron chi connectivity index (χ4n) is 3.19. The van der Waals surface area contributed by atoms with Crippen LogP contribution in [-0.4, -0.2) is 42.3 Å². The molecule has 1 aromatic heterocycles. The summed E-state index contributed by atoms with van der Waals surface area (Å²) in [7, 11) is 3.44. The van der Waals surface area contributed by atoms with Crippen LogP contribution in [0.2, 0.25) is 0 Å². The van der Waals surface area contributed by atoms with Crippen molar-refractivity contribution in [3.63, 3.8) is 0 Å². The molecule has 0 N–H and O–H groups in total. The first-order valence-corrected chi connectivity index (χ1v) is 10.6. The first-order chi connectivity index (χ1) is 14.3.